The molecule has 1 aliphatic heterocycles. The summed E-state index contributed by atoms with van der Waals surface area (Å²) in [4.78, 5) is 0. The van der Waals surface area contributed by atoms with Gasteiger partial charge in [0, 0.05) is 19.4 Å². The average molecular weight is 287 g/mol. The van der Waals surface area contributed by atoms with Gasteiger partial charge < -0.3 is 4.74 Å². The molecule has 0 saturated carbocycles. The van der Waals surface area contributed by atoms with Crippen molar-refractivity contribution in [1.29, 1.82) is 0 Å². The Kier molecular flexibility index (Phi) is 4.81. The van der Waals surface area contributed by atoms with Gasteiger partial charge in [0.2, 0.25) is 10.0 Å². The van der Waals surface area contributed by atoms with Gasteiger partial charge in [0.1, 0.15) is 0 Å². The lowest BCUT2D eigenvalue weighted by molar-refractivity contribution is 0.0662. The van der Waals surface area contributed by atoms with Crippen molar-refractivity contribution in [2.75, 3.05) is 23.7 Å². The zero-order chi connectivity index (χ0) is 13.7. The number of anilines is 1. The van der Waals surface area contributed by atoms with Gasteiger partial charge in [-0.05, 0) is 19.3 Å². The molecule has 0 atom stereocenters. The van der Waals surface area contributed by atoms with Crippen LogP contribution in [0.4, 0.5) is 5.69 Å². The summed E-state index contributed by atoms with van der Waals surface area (Å²) >= 11 is 0. The Morgan fingerprint density at radius 1 is 1.47 bits per heavy atom. The van der Waals surface area contributed by atoms with Gasteiger partial charge in [0.25, 0.3) is 0 Å². The van der Waals surface area contributed by atoms with Crippen molar-refractivity contribution in [3.8, 4) is 0 Å². The lowest BCUT2D eigenvalue weighted by Gasteiger charge is -2.22. The van der Waals surface area contributed by atoms with Gasteiger partial charge >= 0.3 is 0 Å². The number of sulfonamides is 1. The van der Waals surface area contributed by atoms with E-state index in [1.807, 2.05) is 11.6 Å². The molecule has 0 unspecified atom stereocenters. The summed E-state index contributed by atoms with van der Waals surface area (Å²) in [5.74, 6) is 0.159. The first-order valence-corrected chi connectivity index (χ1v) is 8.38. The third-order valence-corrected chi connectivity index (χ3v) is 4.58. The van der Waals surface area contributed by atoms with Crippen molar-refractivity contribution < 1.29 is 13.2 Å². The standard InChI is InChI=1S/C12H21N3O3S/c1-2-3-8-19(16,17)14-11-9-13-15(10-11)12-4-6-18-7-5-12/h9-10,12,14H,2-8H2,1H3. The fraction of sp³-hybridized carbons (Fsp3) is 0.750. The molecule has 2 rings (SSSR count). The van der Waals surface area contributed by atoms with E-state index in [0.717, 1.165) is 32.5 Å². The van der Waals surface area contributed by atoms with Crippen molar-refractivity contribution in [3.05, 3.63) is 12.4 Å². The summed E-state index contributed by atoms with van der Waals surface area (Å²) in [6.45, 7) is 3.45. The number of rotatable bonds is 6. The molecule has 1 aromatic rings. The number of aromatic nitrogens is 2. The molecular formula is C12H21N3O3S. The van der Waals surface area contributed by atoms with Crippen molar-refractivity contribution >= 4 is 15.7 Å². The van der Waals surface area contributed by atoms with Crippen LogP contribution in [0.15, 0.2) is 12.4 Å². The van der Waals surface area contributed by atoms with Crippen molar-refractivity contribution in [1.82, 2.24) is 9.78 Å². The van der Waals surface area contributed by atoms with Crippen LogP contribution in [0.3, 0.4) is 0 Å². The summed E-state index contributed by atoms with van der Waals surface area (Å²) in [5, 5.41) is 4.24. The first-order chi connectivity index (χ1) is 9.11. The van der Waals surface area contributed by atoms with Crippen molar-refractivity contribution in [2.45, 2.75) is 38.6 Å². The van der Waals surface area contributed by atoms with E-state index in [1.54, 1.807) is 12.4 Å². The molecule has 0 bridgehead atoms. The van der Waals surface area contributed by atoms with Gasteiger partial charge in [0.15, 0.2) is 0 Å². The molecular weight excluding hydrogens is 266 g/mol. The molecule has 108 valence electrons. The second kappa shape index (κ2) is 6.38. The Morgan fingerprint density at radius 3 is 2.89 bits per heavy atom. The Balaban J connectivity index is 1.96. The third kappa shape index (κ3) is 4.21. The second-order valence-electron chi connectivity index (χ2n) is 4.83. The van der Waals surface area contributed by atoms with E-state index in [2.05, 4.69) is 9.82 Å². The van der Waals surface area contributed by atoms with Crippen molar-refractivity contribution in [2.24, 2.45) is 0 Å². The molecule has 6 nitrogen and oxygen atoms in total. The molecule has 1 fully saturated rings. The van der Waals surface area contributed by atoms with E-state index in [-0.39, 0.29) is 5.75 Å². The van der Waals surface area contributed by atoms with Crippen LogP contribution in [0, 0.1) is 0 Å². The topological polar surface area (TPSA) is 73.2 Å². The minimum Gasteiger partial charge on any atom is -0.381 e. The van der Waals surface area contributed by atoms with Crippen molar-refractivity contribution in [3.63, 3.8) is 0 Å². The number of ether oxygens (including phenoxy) is 1. The van der Waals surface area contributed by atoms with Gasteiger partial charge in [0.05, 0.1) is 23.7 Å². The van der Waals surface area contributed by atoms with Gasteiger partial charge in [-0.15, -0.1) is 0 Å². The summed E-state index contributed by atoms with van der Waals surface area (Å²) in [6, 6.07) is 0.308. The minimum atomic E-state index is -3.24. The van der Waals surface area contributed by atoms with Crippen LogP contribution in [-0.2, 0) is 14.8 Å². The molecule has 7 heteroatoms. The second-order valence-corrected chi connectivity index (χ2v) is 6.67. The van der Waals surface area contributed by atoms with Crippen LogP contribution in [0.25, 0.3) is 0 Å². The summed E-state index contributed by atoms with van der Waals surface area (Å²) in [5.41, 5.74) is 0.544. The summed E-state index contributed by atoms with van der Waals surface area (Å²) in [6.07, 6.45) is 6.71. The molecule has 1 aromatic heterocycles. The van der Waals surface area contributed by atoms with Crippen LogP contribution >= 0.6 is 0 Å². The predicted octanol–water partition coefficient (Wildman–Crippen LogP) is 1.78. The van der Waals surface area contributed by atoms with E-state index in [1.165, 1.54) is 0 Å². The zero-order valence-corrected chi connectivity index (χ0v) is 12.0. The maximum absolute atomic E-state index is 11.8. The summed E-state index contributed by atoms with van der Waals surface area (Å²) in [7, 11) is -3.24. The molecule has 0 spiro atoms. The molecule has 2 heterocycles. The number of nitrogens with zero attached hydrogens (tertiary/aromatic N) is 2. The minimum absolute atomic E-state index is 0.159. The molecule has 1 N–H and O–H groups in total. The summed E-state index contributed by atoms with van der Waals surface area (Å²) < 4.78 is 33.3. The molecule has 1 aliphatic rings. The first kappa shape index (κ1) is 14.3. The Bertz CT molecular complexity index is 492. The molecule has 1 saturated heterocycles. The monoisotopic (exact) mass is 287 g/mol. The van der Waals surface area contributed by atoms with E-state index in [4.69, 9.17) is 4.74 Å². The van der Waals surface area contributed by atoms with Gasteiger partial charge in [-0.25, -0.2) is 8.42 Å². The van der Waals surface area contributed by atoms with Gasteiger partial charge in [-0.2, -0.15) is 5.10 Å². The fourth-order valence-corrected chi connectivity index (χ4v) is 3.34. The smallest absolute Gasteiger partial charge is 0.232 e. The fourth-order valence-electron chi connectivity index (χ4n) is 2.11. The largest absolute Gasteiger partial charge is 0.381 e. The number of nitrogens with one attached hydrogen (secondary N) is 1. The highest BCUT2D eigenvalue weighted by Gasteiger charge is 2.17. The molecule has 0 aliphatic carbocycles. The normalized spacial score (nSPS) is 17.5. The highest BCUT2D eigenvalue weighted by Crippen LogP contribution is 2.21. The van der Waals surface area contributed by atoms with E-state index in [9.17, 15) is 8.42 Å². The van der Waals surface area contributed by atoms with Crippen LogP contribution in [0.2, 0.25) is 0 Å². The molecule has 0 radical (unpaired) electrons. The highest BCUT2D eigenvalue weighted by atomic mass is 32.2. The SMILES string of the molecule is CCCCS(=O)(=O)Nc1cnn(C2CCOCC2)c1. The van der Waals surface area contributed by atoms with Gasteiger partial charge in [-0.3, -0.25) is 9.40 Å². The molecule has 0 aromatic carbocycles. The predicted molar refractivity (Wildman–Crippen MR) is 73.6 cm³/mol. The quantitative estimate of drug-likeness (QED) is 0.865. The Morgan fingerprint density at radius 2 is 2.21 bits per heavy atom. The maximum atomic E-state index is 11.8. The van der Waals surface area contributed by atoms with Crippen LogP contribution in [0.5, 0.6) is 0 Å². The molecule has 0 amide bonds. The number of unbranched alkanes of at least 4 members (excludes halogenated alkanes) is 1. The number of hydrogen-bond donors (Lipinski definition) is 1. The third-order valence-electron chi connectivity index (χ3n) is 3.21. The van der Waals surface area contributed by atoms with E-state index >= 15 is 0 Å². The average Bonchev–Trinajstić information content (AvgIpc) is 2.85. The van der Waals surface area contributed by atoms with Gasteiger partial charge in [-0.1, -0.05) is 13.3 Å². The van der Waals surface area contributed by atoms with E-state index in [0.29, 0.717) is 18.2 Å². The maximum Gasteiger partial charge on any atom is 0.232 e. The van der Waals surface area contributed by atoms with E-state index < -0.39 is 10.0 Å². The lowest BCUT2D eigenvalue weighted by atomic mass is 10.1. The molecule has 19 heavy (non-hydrogen) atoms. The number of hydrogen-bond acceptors (Lipinski definition) is 4. The van der Waals surface area contributed by atoms with Crippen LogP contribution < -0.4 is 4.72 Å². The lowest BCUT2D eigenvalue weighted by Crippen LogP contribution is -2.20. The highest BCUT2D eigenvalue weighted by molar-refractivity contribution is 7.92. The first-order valence-electron chi connectivity index (χ1n) is 6.73. The van der Waals surface area contributed by atoms with Crippen LogP contribution in [0.1, 0.15) is 38.6 Å². The Labute approximate surface area is 114 Å². The zero-order valence-electron chi connectivity index (χ0n) is 11.2. The Hall–Kier alpha value is -1.08. The van der Waals surface area contributed by atoms with Crippen LogP contribution in [-0.4, -0.2) is 37.2 Å².